The number of guanidine groups is 1. The number of hydrogen-bond donors (Lipinski definition) is 1. The van der Waals surface area contributed by atoms with Crippen LogP contribution in [-0.2, 0) is 13.1 Å². The van der Waals surface area contributed by atoms with Gasteiger partial charge in [-0.25, -0.2) is 4.98 Å². The van der Waals surface area contributed by atoms with Crippen LogP contribution in [0.5, 0.6) is 0 Å². The van der Waals surface area contributed by atoms with Crippen LogP contribution >= 0.6 is 11.3 Å². The minimum absolute atomic E-state index is 0.855. The molecular weight excluding hydrogens is 316 g/mol. The number of hydrogen-bond acceptors (Lipinski definition) is 5. The first-order valence-corrected chi connectivity index (χ1v) is 8.83. The summed E-state index contributed by atoms with van der Waals surface area (Å²) in [4.78, 5) is 13.0. The van der Waals surface area contributed by atoms with Gasteiger partial charge in [0.15, 0.2) is 5.82 Å². The first kappa shape index (κ1) is 13.7. The van der Waals surface area contributed by atoms with Crippen molar-refractivity contribution in [1.29, 1.82) is 0 Å². The Kier molecular flexibility index (Phi) is 2.97. The molecule has 0 amide bonds. The van der Waals surface area contributed by atoms with Crippen LogP contribution in [0.3, 0.4) is 0 Å². The molecule has 118 valence electrons. The highest BCUT2D eigenvalue weighted by molar-refractivity contribution is 7.15. The maximum absolute atomic E-state index is 4.77. The van der Waals surface area contributed by atoms with Crippen LogP contribution in [0.2, 0.25) is 0 Å². The van der Waals surface area contributed by atoms with Crippen LogP contribution in [0, 0.1) is 6.92 Å². The van der Waals surface area contributed by atoms with Gasteiger partial charge in [-0.05, 0) is 18.6 Å². The number of aromatic nitrogens is 1. The molecule has 0 bridgehead atoms. The van der Waals surface area contributed by atoms with Crippen LogP contribution in [-0.4, -0.2) is 15.8 Å². The monoisotopic (exact) mass is 332 g/mol. The summed E-state index contributed by atoms with van der Waals surface area (Å²) < 4.78 is 0. The fraction of sp³-hybridized carbons (Fsp3) is 0.158. The minimum atomic E-state index is 0.855. The molecule has 3 aromatic rings. The molecule has 5 rings (SSSR count). The lowest BCUT2D eigenvalue weighted by atomic mass is 10.1. The lowest BCUT2D eigenvalue weighted by Gasteiger charge is -2.34. The zero-order valence-electron chi connectivity index (χ0n) is 13.3. The Bertz CT molecular complexity index is 959. The number of rotatable bonds is 1. The van der Waals surface area contributed by atoms with Crippen molar-refractivity contribution in [2.24, 2.45) is 4.99 Å². The second-order valence-electron chi connectivity index (χ2n) is 6.21. The Labute approximate surface area is 144 Å². The molecule has 3 heterocycles. The zero-order valence-corrected chi connectivity index (χ0v) is 14.1. The molecule has 0 radical (unpaired) electrons. The van der Waals surface area contributed by atoms with Gasteiger partial charge in [-0.2, -0.15) is 4.99 Å². The highest BCUT2D eigenvalue weighted by atomic mass is 32.1. The molecule has 0 spiro atoms. The first-order valence-electron chi connectivity index (χ1n) is 8.01. The van der Waals surface area contributed by atoms with Gasteiger partial charge < -0.3 is 10.2 Å². The third-order valence-electron chi connectivity index (χ3n) is 4.41. The predicted molar refractivity (Wildman–Crippen MR) is 98.7 cm³/mol. The maximum atomic E-state index is 4.77. The topological polar surface area (TPSA) is 40.5 Å². The molecule has 0 unspecified atom stereocenters. The third kappa shape index (κ3) is 2.20. The largest absolute Gasteiger partial charge is 0.333 e. The Morgan fingerprint density at radius 3 is 2.83 bits per heavy atom. The summed E-state index contributed by atoms with van der Waals surface area (Å²) in [6.07, 6.45) is 0. The van der Waals surface area contributed by atoms with Crippen LogP contribution in [0.4, 0.5) is 11.5 Å². The quantitative estimate of drug-likeness (QED) is 0.711. The highest BCUT2D eigenvalue weighted by Crippen LogP contribution is 2.38. The standard InChI is InChI=1S/C19H16N4S/c1-12-7-8-15-14(9-12)10-23-11-16-17(22-19(23)20-15)21-18(24-16)13-5-3-2-4-6-13/h2-9H,10-11H2,1H3,(H,20,22). The molecule has 0 atom stereocenters. The fourth-order valence-corrected chi connectivity index (χ4v) is 4.22. The second kappa shape index (κ2) is 5.18. The number of benzene rings is 2. The average molecular weight is 332 g/mol. The van der Waals surface area contributed by atoms with E-state index >= 15 is 0 Å². The van der Waals surface area contributed by atoms with Crippen molar-refractivity contribution >= 4 is 28.8 Å². The molecule has 0 aliphatic carbocycles. The summed E-state index contributed by atoms with van der Waals surface area (Å²) in [6, 6.07) is 16.8. The lowest BCUT2D eigenvalue weighted by molar-refractivity contribution is 0.397. The van der Waals surface area contributed by atoms with Crippen molar-refractivity contribution in [2.45, 2.75) is 20.0 Å². The van der Waals surface area contributed by atoms with Gasteiger partial charge in [0.1, 0.15) is 5.01 Å². The van der Waals surface area contributed by atoms with Crippen LogP contribution in [0.1, 0.15) is 16.0 Å². The summed E-state index contributed by atoms with van der Waals surface area (Å²) in [5.41, 5.74) is 4.92. The van der Waals surface area contributed by atoms with E-state index in [4.69, 9.17) is 9.98 Å². The number of anilines is 1. The van der Waals surface area contributed by atoms with Gasteiger partial charge in [0.05, 0.1) is 11.4 Å². The lowest BCUT2D eigenvalue weighted by Crippen LogP contribution is -2.40. The Balaban J connectivity index is 1.52. The van der Waals surface area contributed by atoms with Crippen LogP contribution in [0.15, 0.2) is 53.5 Å². The molecule has 0 saturated heterocycles. The number of thiazole rings is 1. The van der Waals surface area contributed by atoms with Gasteiger partial charge in [0.2, 0.25) is 5.96 Å². The molecule has 2 aliphatic rings. The number of aliphatic imine (C=N–C) groups is 1. The van der Waals surface area contributed by atoms with E-state index in [0.29, 0.717) is 0 Å². The van der Waals surface area contributed by atoms with Gasteiger partial charge >= 0.3 is 0 Å². The van der Waals surface area contributed by atoms with Crippen LogP contribution in [0.25, 0.3) is 10.6 Å². The molecule has 4 nitrogen and oxygen atoms in total. The van der Waals surface area contributed by atoms with E-state index in [1.165, 1.54) is 16.0 Å². The number of fused-ring (bicyclic) bond motifs is 3. The Hall–Kier alpha value is -2.66. The summed E-state index contributed by atoms with van der Waals surface area (Å²) >= 11 is 1.74. The van der Waals surface area contributed by atoms with E-state index in [-0.39, 0.29) is 0 Å². The molecule has 2 aliphatic heterocycles. The van der Waals surface area contributed by atoms with Crippen molar-refractivity contribution < 1.29 is 0 Å². The first-order chi connectivity index (χ1) is 11.8. The van der Waals surface area contributed by atoms with Crippen molar-refractivity contribution in [1.82, 2.24) is 9.88 Å². The van der Waals surface area contributed by atoms with Crippen LogP contribution < -0.4 is 5.32 Å². The minimum Gasteiger partial charge on any atom is -0.333 e. The van der Waals surface area contributed by atoms with Crippen molar-refractivity contribution in [2.75, 3.05) is 5.32 Å². The SMILES string of the molecule is Cc1ccc2c(c1)CN1Cc3sc(-c4ccccc4)nc3N=C1N2. The average Bonchev–Trinajstić information content (AvgIpc) is 3.01. The summed E-state index contributed by atoms with van der Waals surface area (Å²) in [7, 11) is 0. The Morgan fingerprint density at radius 1 is 1.08 bits per heavy atom. The van der Waals surface area contributed by atoms with Crippen molar-refractivity contribution in [3.8, 4) is 10.6 Å². The molecule has 0 fully saturated rings. The van der Waals surface area contributed by atoms with Crippen molar-refractivity contribution in [3.63, 3.8) is 0 Å². The number of aryl methyl sites for hydroxylation is 1. The van der Waals surface area contributed by atoms with E-state index in [1.54, 1.807) is 11.3 Å². The Morgan fingerprint density at radius 2 is 1.96 bits per heavy atom. The molecule has 0 saturated carbocycles. The highest BCUT2D eigenvalue weighted by Gasteiger charge is 2.28. The van der Waals surface area contributed by atoms with Gasteiger partial charge in [-0.3, -0.25) is 0 Å². The molecular formula is C19H16N4S. The normalized spacial score (nSPS) is 15.0. The van der Waals surface area contributed by atoms with Gasteiger partial charge in [-0.1, -0.05) is 48.0 Å². The molecule has 5 heteroatoms. The summed E-state index contributed by atoms with van der Waals surface area (Å²) in [5, 5.41) is 4.50. The van der Waals surface area contributed by atoms with Gasteiger partial charge in [-0.15, -0.1) is 11.3 Å². The van der Waals surface area contributed by atoms with E-state index in [1.807, 2.05) is 18.2 Å². The zero-order chi connectivity index (χ0) is 16.1. The summed E-state index contributed by atoms with van der Waals surface area (Å²) in [5.74, 6) is 1.76. The van der Waals surface area contributed by atoms with E-state index in [2.05, 4.69) is 47.5 Å². The number of nitrogens with zero attached hydrogens (tertiary/aromatic N) is 3. The van der Waals surface area contributed by atoms with E-state index in [9.17, 15) is 0 Å². The molecule has 1 aromatic heterocycles. The van der Waals surface area contributed by atoms with E-state index in [0.717, 1.165) is 41.1 Å². The molecule has 2 aromatic carbocycles. The molecule has 1 N–H and O–H groups in total. The predicted octanol–water partition coefficient (Wildman–Crippen LogP) is 4.55. The second-order valence-corrected chi connectivity index (χ2v) is 7.29. The van der Waals surface area contributed by atoms with E-state index < -0.39 is 0 Å². The third-order valence-corrected chi connectivity index (χ3v) is 5.49. The smallest absolute Gasteiger partial charge is 0.205 e. The number of nitrogens with one attached hydrogen (secondary N) is 1. The fourth-order valence-electron chi connectivity index (χ4n) is 3.20. The molecule has 24 heavy (non-hydrogen) atoms. The van der Waals surface area contributed by atoms with Crippen molar-refractivity contribution in [3.05, 3.63) is 64.5 Å². The maximum Gasteiger partial charge on any atom is 0.205 e. The van der Waals surface area contributed by atoms with Gasteiger partial charge in [0, 0.05) is 17.8 Å². The summed E-state index contributed by atoms with van der Waals surface area (Å²) in [6.45, 7) is 3.88. The van der Waals surface area contributed by atoms with Gasteiger partial charge in [0.25, 0.3) is 0 Å².